The Labute approximate surface area is 168 Å². The van der Waals surface area contributed by atoms with Crippen LogP contribution < -0.4 is 0 Å². The van der Waals surface area contributed by atoms with Gasteiger partial charge in [-0.3, -0.25) is 0 Å². The Morgan fingerprint density at radius 2 is 1.93 bits per heavy atom. The maximum absolute atomic E-state index is 5.79. The fraction of sp³-hybridized carbons (Fsp3) is 0.167. The van der Waals surface area contributed by atoms with Gasteiger partial charge in [0, 0.05) is 4.47 Å². The van der Waals surface area contributed by atoms with E-state index in [0.29, 0.717) is 22.7 Å². The van der Waals surface area contributed by atoms with E-state index in [9.17, 15) is 0 Å². The zero-order chi connectivity index (χ0) is 18.8. The lowest BCUT2D eigenvalue weighted by molar-refractivity contribution is 0.528. The minimum absolute atomic E-state index is 0.475. The van der Waals surface area contributed by atoms with Crippen LogP contribution in [0, 0.1) is 13.8 Å². The van der Waals surface area contributed by atoms with E-state index in [4.69, 9.17) is 4.42 Å². The van der Waals surface area contributed by atoms with Crippen LogP contribution in [-0.4, -0.2) is 30.4 Å². The molecule has 9 heteroatoms. The summed E-state index contributed by atoms with van der Waals surface area (Å²) in [5.74, 6) is 1.47. The molecule has 0 atom stereocenters. The summed E-state index contributed by atoms with van der Waals surface area (Å²) in [6.07, 6.45) is 0. The molecule has 0 saturated carbocycles. The van der Waals surface area contributed by atoms with Crippen LogP contribution in [0.1, 0.15) is 17.0 Å². The first-order valence-electron chi connectivity index (χ1n) is 8.18. The lowest BCUT2D eigenvalue weighted by Gasteiger charge is -2.07. The first-order chi connectivity index (χ1) is 13.1. The van der Waals surface area contributed by atoms with Crippen molar-refractivity contribution in [3.8, 4) is 17.1 Å². The van der Waals surface area contributed by atoms with E-state index >= 15 is 0 Å². The van der Waals surface area contributed by atoms with E-state index in [2.05, 4.69) is 59.9 Å². The molecule has 0 radical (unpaired) electrons. The van der Waals surface area contributed by atoms with Crippen LogP contribution in [-0.2, 0) is 5.75 Å². The van der Waals surface area contributed by atoms with Crippen molar-refractivity contribution >= 4 is 27.7 Å². The second kappa shape index (κ2) is 7.61. The molecule has 0 bridgehead atoms. The fourth-order valence-electron chi connectivity index (χ4n) is 2.55. The van der Waals surface area contributed by atoms with Crippen molar-refractivity contribution in [1.82, 2.24) is 30.4 Å². The van der Waals surface area contributed by atoms with Crippen LogP contribution in [0.25, 0.3) is 17.1 Å². The van der Waals surface area contributed by atoms with Gasteiger partial charge in [0.25, 0.3) is 0 Å². The molecular weight excluding hydrogens is 428 g/mol. The quantitative estimate of drug-likeness (QED) is 0.423. The van der Waals surface area contributed by atoms with Gasteiger partial charge >= 0.3 is 0 Å². The SMILES string of the molecule is Cc1ccc(C)c(-n2nnnc2SCc2nnc(-c3ccccc3Br)o2)c1. The summed E-state index contributed by atoms with van der Waals surface area (Å²) >= 11 is 4.95. The smallest absolute Gasteiger partial charge is 0.248 e. The van der Waals surface area contributed by atoms with Crippen molar-refractivity contribution < 1.29 is 4.42 Å². The van der Waals surface area contributed by atoms with E-state index in [-0.39, 0.29) is 0 Å². The van der Waals surface area contributed by atoms with Crippen LogP contribution in [0.5, 0.6) is 0 Å². The molecule has 4 aromatic rings. The minimum atomic E-state index is 0.475. The van der Waals surface area contributed by atoms with Crippen molar-refractivity contribution in [1.29, 1.82) is 0 Å². The Kier molecular flexibility index (Phi) is 5.04. The van der Waals surface area contributed by atoms with Gasteiger partial charge in [-0.2, -0.15) is 4.68 Å². The molecule has 2 heterocycles. The van der Waals surface area contributed by atoms with Crippen molar-refractivity contribution in [3.05, 3.63) is 64.0 Å². The third-order valence-corrected chi connectivity index (χ3v) is 5.53. The van der Waals surface area contributed by atoms with Crippen LogP contribution in [0.4, 0.5) is 0 Å². The first kappa shape index (κ1) is 17.9. The number of halogens is 1. The molecule has 0 amide bonds. The van der Waals surface area contributed by atoms with Crippen molar-refractivity contribution in [3.63, 3.8) is 0 Å². The number of hydrogen-bond donors (Lipinski definition) is 0. The van der Waals surface area contributed by atoms with Gasteiger partial charge in [0.15, 0.2) is 0 Å². The summed E-state index contributed by atoms with van der Waals surface area (Å²) in [7, 11) is 0. The zero-order valence-corrected chi connectivity index (χ0v) is 17.0. The van der Waals surface area contributed by atoms with Gasteiger partial charge < -0.3 is 4.42 Å². The highest BCUT2D eigenvalue weighted by atomic mass is 79.9. The second-order valence-electron chi connectivity index (χ2n) is 5.93. The third-order valence-electron chi connectivity index (χ3n) is 3.93. The molecule has 2 aromatic heterocycles. The zero-order valence-electron chi connectivity index (χ0n) is 14.6. The number of thioether (sulfide) groups is 1. The van der Waals surface area contributed by atoms with Gasteiger partial charge in [0.2, 0.25) is 16.9 Å². The van der Waals surface area contributed by atoms with Gasteiger partial charge in [-0.15, -0.1) is 15.3 Å². The first-order valence-corrected chi connectivity index (χ1v) is 9.96. The van der Waals surface area contributed by atoms with E-state index in [0.717, 1.165) is 26.9 Å². The Bertz CT molecular complexity index is 1090. The van der Waals surface area contributed by atoms with E-state index in [1.807, 2.05) is 38.1 Å². The van der Waals surface area contributed by atoms with E-state index < -0.39 is 0 Å². The molecule has 0 aliphatic carbocycles. The van der Waals surface area contributed by atoms with Gasteiger partial charge in [-0.1, -0.05) is 36.0 Å². The van der Waals surface area contributed by atoms with Crippen LogP contribution in [0.15, 0.2) is 56.5 Å². The molecule has 0 spiro atoms. The van der Waals surface area contributed by atoms with E-state index in [1.54, 1.807) is 4.68 Å². The summed E-state index contributed by atoms with van der Waals surface area (Å²) in [6.45, 7) is 4.08. The minimum Gasteiger partial charge on any atom is -0.420 e. The summed E-state index contributed by atoms with van der Waals surface area (Å²) in [5, 5.41) is 21.0. The van der Waals surface area contributed by atoms with Gasteiger partial charge in [-0.05, 0) is 69.5 Å². The molecule has 0 unspecified atom stereocenters. The molecular formula is C18H15BrN6OS. The highest BCUT2D eigenvalue weighted by Gasteiger charge is 2.15. The van der Waals surface area contributed by atoms with Crippen LogP contribution >= 0.6 is 27.7 Å². The Morgan fingerprint density at radius 3 is 2.78 bits per heavy atom. The van der Waals surface area contributed by atoms with Crippen LogP contribution in [0.2, 0.25) is 0 Å². The van der Waals surface area contributed by atoms with Crippen LogP contribution in [0.3, 0.4) is 0 Å². The number of nitrogens with zero attached hydrogens (tertiary/aromatic N) is 6. The lowest BCUT2D eigenvalue weighted by Crippen LogP contribution is -2.02. The molecule has 0 aliphatic heterocycles. The van der Waals surface area contributed by atoms with Crippen molar-refractivity contribution in [2.24, 2.45) is 0 Å². The highest BCUT2D eigenvalue weighted by Crippen LogP contribution is 2.29. The average molecular weight is 443 g/mol. The summed E-state index contributed by atoms with van der Waals surface area (Å²) in [4.78, 5) is 0. The molecule has 27 heavy (non-hydrogen) atoms. The highest BCUT2D eigenvalue weighted by molar-refractivity contribution is 9.10. The van der Waals surface area contributed by atoms with Gasteiger partial charge in [0.1, 0.15) is 0 Å². The molecule has 0 fully saturated rings. The maximum atomic E-state index is 5.79. The standard InChI is InChI=1S/C18H15BrN6OS/c1-11-7-8-12(2)15(9-11)25-18(22-23-24-25)27-10-16-20-21-17(26-16)13-5-3-4-6-14(13)19/h3-9H,10H2,1-2H3. The Hall–Kier alpha value is -2.52. The largest absolute Gasteiger partial charge is 0.420 e. The maximum Gasteiger partial charge on any atom is 0.248 e. The topological polar surface area (TPSA) is 82.5 Å². The molecule has 136 valence electrons. The molecule has 2 aromatic carbocycles. The number of aromatic nitrogens is 6. The average Bonchev–Trinajstić information content (AvgIpc) is 3.31. The lowest BCUT2D eigenvalue weighted by atomic mass is 10.1. The third kappa shape index (κ3) is 3.79. The molecule has 0 saturated heterocycles. The molecule has 4 rings (SSSR count). The summed E-state index contributed by atoms with van der Waals surface area (Å²) < 4.78 is 8.43. The summed E-state index contributed by atoms with van der Waals surface area (Å²) in [6, 6.07) is 13.9. The molecule has 0 aliphatic rings. The second-order valence-corrected chi connectivity index (χ2v) is 7.73. The Morgan fingerprint density at radius 1 is 1.07 bits per heavy atom. The predicted octanol–water partition coefficient (Wildman–Crippen LogP) is 4.38. The van der Waals surface area contributed by atoms with Gasteiger partial charge in [-0.25, -0.2) is 0 Å². The number of aryl methyl sites for hydroxylation is 2. The number of benzene rings is 2. The van der Waals surface area contributed by atoms with Crippen molar-refractivity contribution in [2.45, 2.75) is 24.8 Å². The van der Waals surface area contributed by atoms with Crippen molar-refractivity contribution in [2.75, 3.05) is 0 Å². The molecule has 7 nitrogen and oxygen atoms in total. The van der Waals surface area contributed by atoms with Gasteiger partial charge in [0.05, 0.1) is 17.0 Å². The number of hydrogen-bond acceptors (Lipinski definition) is 7. The Balaban J connectivity index is 1.53. The van der Waals surface area contributed by atoms with E-state index in [1.165, 1.54) is 11.8 Å². The monoisotopic (exact) mass is 442 g/mol. The number of tetrazole rings is 1. The fourth-order valence-corrected chi connectivity index (χ4v) is 3.72. The summed E-state index contributed by atoms with van der Waals surface area (Å²) in [5.41, 5.74) is 4.07. The predicted molar refractivity (Wildman–Crippen MR) is 106 cm³/mol. The normalized spacial score (nSPS) is 11.1. The molecule has 0 N–H and O–H groups in total. The number of rotatable bonds is 5.